The lowest BCUT2D eigenvalue weighted by molar-refractivity contribution is -0.147. The number of carbonyl (C=O) groups is 1. The molecule has 2 fully saturated rings. The minimum absolute atomic E-state index is 0.0225. The number of carbonyl (C=O) groups excluding carboxylic acids is 1. The zero-order valence-electron chi connectivity index (χ0n) is 11.7. The van der Waals surface area contributed by atoms with Gasteiger partial charge in [0.25, 0.3) is 0 Å². The summed E-state index contributed by atoms with van der Waals surface area (Å²) in [5.41, 5.74) is 0.0225. The first-order chi connectivity index (χ1) is 8.61. The highest BCUT2D eigenvalue weighted by Crippen LogP contribution is 2.40. The van der Waals surface area contributed by atoms with Gasteiger partial charge in [0.2, 0.25) is 0 Å². The van der Waals surface area contributed by atoms with Crippen LogP contribution in [0.1, 0.15) is 58.8 Å². The van der Waals surface area contributed by atoms with Gasteiger partial charge in [-0.1, -0.05) is 19.3 Å². The van der Waals surface area contributed by atoms with E-state index in [1.807, 2.05) is 13.8 Å². The molecule has 3 nitrogen and oxygen atoms in total. The van der Waals surface area contributed by atoms with Crippen LogP contribution in [-0.4, -0.2) is 30.7 Å². The number of ether oxygens (including phenoxy) is 2. The van der Waals surface area contributed by atoms with Crippen LogP contribution in [0.25, 0.3) is 0 Å². The first-order valence-corrected chi connectivity index (χ1v) is 7.40. The number of rotatable bonds is 4. The second-order valence-corrected chi connectivity index (χ2v) is 6.11. The Hall–Kier alpha value is -0.410. The zero-order chi connectivity index (χ0) is 13.0. The van der Waals surface area contributed by atoms with Crippen LogP contribution in [0.5, 0.6) is 0 Å². The highest BCUT2D eigenvalue weighted by Gasteiger charge is 2.40. The molecule has 0 bridgehead atoms. The second-order valence-electron chi connectivity index (χ2n) is 6.11. The average molecular weight is 254 g/mol. The van der Waals surface area contributed by atoms with E-state index in [1.165, 1.54) is 19.3 Å². The van der Waals surface area contributed by atoms with Gasteiger partial charge in [-0.05, 0) is 39.5 Å². The predicted octanol–water partition coefficient (Wildman–Crippen LogP) is 3.11. The number of hydrogen-bond donors (Lipinski definition) is 0. The van der Waals surface area contributed by atoms with E-state index < -0.39 is 0 Å². The SMILES string of the molecule is CC(C)OCC(=O)C1CCOC2(CCCCC2)C1. The fraction of sp³-hybridized carbons (Fsp3) is 0.933. The van der Waals surface area contributed by atoms with E-state index in [-0.39, 0.29) is 30.0 Å². The Bertz CT molecular complexity index is 274. The lowest BCUT2D eigenvalue weighted by Crippen LogP contribution is -2.44. The summed E-state index contributed by atoms with van der Waals surface area (Å²) in [6.07, 6.45) is 8.05. The number of hydrogen-bond acceptors (Lipinski definition) is 3. The summed E-state index contributed by atoms with van der Waals surface area (Å²) in [6, 6.07) is 0. The monoisotopic (exact) mass is 254 g/mol. The van der Waals surface area contributed by atoms with Gasteiger partial charge in [0.1, 0.15) is 6.61 Å². The minimum Gasteiger partial charge on any atom is -0.375 e. The van der Waals surface area contributed by atoms with Gasteiger partial charge in [0.05, 0.1) is 11.7 Å². The molecule has 2 aliphatic rings. The molecule has 1 aliphatic heterocycles. The van der Waals surface area contributed by atoms with E-state index >= 15 is 0 Å². The smallest absolute Gasteiger partial charge is 0.161 e. The lowest BCUT2D eigenvalue weighted by Gasteiger charge is -2.43. The van der Waals surface area contributed by atoms with Crippen molar-refractivity contribution in [3.05, 3.63) is 0 Å². The van der Waals surface area contributed by atoms with Gasteiger partial charge >= 0.3 is 0 Å². The third-order valence-corrected chi connectivity index (χ3v) is 4.27. The standard InChI is InChI=1S/C15H26O3/c1-12(2)17-11-14(16)13-6-9-18-15(10-13)7-4-3-5-8-15/h12-13H,3-11H2,1-2H3. The molecule has 2 rings (SSSR count). The Labute approximate surface area is 110 Å². The summed E-state index contributed by atoms with van der Waals surface area (Å²) in [5.74, 6) is 0.438. The molecular weight excluding hydrogens is 228 g/mol. The quantitative estimate of drug-likeness (QED) is 0.773. The highest BCUT2D eigenvalue weighted by atomic mass is 16.5. The van der Waals surface area contributed by atoms with Crippen LogP contribution in [0.4, 0.5) is 0 Å². The molecule has 3 heteroatoms. The van der Waals surface area contributed by atoms with Crippen LogP contribution < -0.4 is 0 Å². The minimum atomic E-state index is 0.0225. The lowest BCUT2D eigenvalue weighted by atomic mass is 9.75. The first-order valence-electron chi connectivity index (χ1n) is 7.40. The van der Waals surface area contributed by atoms with E-state index in [1.54, 1.807) is 0 Å². The van der Waals surface area contributed by atoms with Gasteiger partial charge in [-0.3, -0.25) is 4.79 Å². The Morgan fingerprint density at radius 2 is 2.06 bits per heavy atom. The molecule has 0 aromatic carbocycles. The third-order valence-electron chi connectivity index (χ3n) is 4.27. The Morgan fingerprint density at radius 1 is 1.33 bits per heavy atom. The summed E-state index contributed by atoms with van der Waals surface area (Å²) in [5, 5.41) is 0. The Morgan fingerprint density at radius 3 is 2.72 bits per heavy atom. The van der Waals surface area contributed by atoms with Crippen molar-refractivity contribution in [2.45, 2.75) is 70.5 Å². The van der Waals surface area contributed by atoms with Crippen molar-refractivity contribution < 1.29 is 14.3 Å². The van der Waals surface area contributed by atoms with Crippen molar-refractivity contribution in [3.63, 3.8) is 0 Å². The van der Waals surface area contributed by atoms with Crippen molar-refractivity contribution in [1.29, 1.82) is 0 Å². The van der Waals surface area contributed by atoms with Crippen molar-refractivity contribution >= 4 is 5.78 Å². The summed E-state index contributed by atoms with van der Waals surface area (Å²) < 4.78 is 11.5. The first kappa shape index (κ1) is 14.0. The van der Waals surface area contributed by atoms with Gasteiger partial charge in [0.15, 0.2) is 5.78 Å². The van der Waals surface area contributed by atoms with Crippen molar-refractivity contribution in [2.75, 3.05) is 13.2 Å². The fourth-order valence-corrected chi connectivity index (χ4v) is 3.21. The molecule has 1 unspecified atom stereocenters. The van der Waals surface area contributed by atoms with Gasteiger partial charge in [-0.15, -0.1) is 0 Å². The van der Waals surface area contributed by atoms with Crippen molar-refractivity contribution in [2.24, 2.45) is 5.92 Å². The molecule has 0 amide bonds. The van der Waals surface area contributed by atoms with E-state index in [4.69, 9.17) is 9.47 Å². The molecule has 1 saturated carbocycles. The molecule has 0 radical (unpaired) electrons. The van der Waals surface area contributed by atoms with Crippen molar-refractivity contribution in [3.8, 4) is 0 Å². The average Bonchev–Trinajstić information content (AvgIpc) is 2.37. The van der Waals surface area contributed by atoms with Crippen LogP contribution in [0, 0.1) is 5.92 Å². The summed E-state index contributed by atoms with van der Waals surface area (Å²) in [6.45, 7) is 4.97. The van der Waals surface area contributed by atoms with Gasteiger partial charge in [0, 0.05) is 12.5 Å². The maximum Gasteiger partial charge on any atom is 0.161 e. The molecule has 18 heavy (non-hydrogen) atoms. The molecule has 0 aromatic rings. The molecule has 1 saturated heterocycles. The largest absolute Gasteiger partial charge is 0.375 e. The topological polar surface area (TPSA) is 35.5 Å². The molecule has 1 aliphatic carbocycles. The molecule has 104 valence electrons. The van der Waals surface area contributed by atoms with Gasteiger partial charge < -0.3 is 9.47 Å². The molecule has 1 heterocycles. The van der Waals surface area contributed by atoms with E-state index in [0.717, 1.165) is 32.3 Å². The second kappa shape index (κ2) is 6.16. The number of ketones is 1. The van der Waals surface area contributed by atoms with Crippen LogP contribution in [0.15, 0.2) is 0 Å². The molecule has 1 atom stereocenters. The molecular formula is C15H26O3. The molecule has 1 spiro atoms. The fourth-order valence-electron chi connectivity index (χ4n) is 3.21. The van der Waals surface area contributed by atoms with E-state index in [2.05, 4.69) is 0 Å². The van der Waals surface area contributed by atoms with E-state index in [9.17, 15) is 4.79 Å². The summed E-state index contributed by atoms with van der Waals surface area (Å²) in [7, 11) is 0. The normalized spacial score (nSPS) is 27.6. The van der Waals surface area contributed by atoms with E-state index in [0.29, 0.717) is 0 Å². The maximum atomic E-state index is 12.1. The third kappa shape index (κ3) is 3.55. The Balaban J connectivity index is 1.87. The zero-order valence-corrected chi connectivity index (χ0v) is 11.7. The highest BCUT2D eigenvalue weighted by molar-refractivity contribution is 5.82. The van der Waals surface area contributed by atoms with Crippen LogP contribution >= 0.6 is 0 Å². The predicted molar refractivity (Wildman–Crippen MR) is 70.6 cm³/mol. The summed E-state index contributed by atoms with van der Waals surface area (Å²) >= 11 is 0. The van der Waals surface area contributed by atoms with Gasteiger partial charge in [-0.2, -0.15) is 0 Å². The Kier molecular flexibility index (Phi) is 4.79. The molecule has 0 N–H and O–H groups in total. The van der Waals surface area contributed by atoms with Crippen LogP contribution in [0.3, 0.4) is 0 Å². The number of Topliss-reactive ketones (excluding diaryl/α,β-unsaturated/α-hetero) is 1. The maximum absolute atomic E-state index is 12.1. The molecule has 0 aromatic heterocycles. The van der Waals surface area contributed by atoms with Crippen LogP contribution in [-0.2, 0) is 14.3 Å². The van der Waals surface area contributed by atoms with Crippen molar-refractivity contribution in [1.82, 2.24) is 0 Å². The van der Waals surface area contributed by atoms with Gasteiger partial charge in [-0.25, -0.2) is 0 Å². The van der Waals surface area contributed by atoms with Crippen LogP contribution in [0.2, 0.25) is 0 Å². The summed E-state index contributed by atoms with van der Waals surface area (Å²) in [4.78, 5) is 12.1.